The van der Waals surface area contributed by atoms with E-state index in [0.29, 0.717) is 26.1 Å². The van der Waals surface area contributed by atoms with E-state index in [9.17, 15) is 4.57 Å². The van der Waals surface area contributed by atoms with Crippen LogP contribution in [0.15, 0.2) is 12.7 Å². The molecule has 6 nitrogen and oxygen atoms in total. The van der Waals surface area contributed by atoms with Crippen molar-refractivity contribution in [3.63, 3.8) is 0 Å². The Bertz CT molecular complexity index is 335. The predicted molar refractivity (Wildman–Crippen MR) is 78.6 cm³/mol. The number of hydrogen-bond acceptors (Lipinski definition) is 6. The van der Waals surface area contributed by atoms with Crippen molar-refractivity contribution < 1.29 is 27.2 Å². The smallest absolute Gasteiger partial charge is 0.310 e. The van der Waals surface area contributed by atoms with Gasteiger partial charge >= 0.3 is 16.2 Å². The number of hydrogen-bond donors (Lipinski definition) is 0. The summed E-state index contributed by atoms with van der Waals surface area (Å²) in [5.74, 6) is 0. The first kappa shape index (κ1) is 18.2. The van der Waals surface area contributed by atoms with E-state index < -0.39 is 21.5 Å². The highest BCUT2D eigenvalue weighted by Gasteiger charge is 2.50. The van der Waals surface area contributed by atoms with E-state index in [4.69, 9.17) is 22.6 Å². The van der Waals surface area contributed by atoms with Crippen molar-refractivity contribution in [1.82, 2.24) is 0 Å². The van der Waals surface area contributed by atoms with E-state index >= 15 is 0 Å². The molecule has 1 saturated heterocycles. The van der Waals surface area contributed by atoms with Gasteiger partial charge in [0.2, 0.25) is 0 Å². The average Bonchev–Trinajstić information content (AvgIpc) is 2.89. The van der Waals surface area contributed by atoms with E-state index in [1.807, 2.05) is 0 Å². The molecule has 0 radical (unpaired) electrons. The molecule has 1 rings (SSSR count). The molecule has 1 atom stereocenters. The standard InChI is InChI=1S/C12H24O6P2/c1-5-8-9-12(4,18-19-14-10-11-15-19)20(13,16-6-2)17-7-3/h5H,1,6-11H2,2-4H3. The zero-order valence-electron chi connectivity index (χ0n) is 12.4. The first-order valence-electron chi connectivity index (χ1n) is 6.76. The summed E-state index contributed by atoms with van der Waals surface area (Å²) in [6.07, 6.45) is 2.83. The third-order valence-corrected chi connectivity index (χ3v) is 6.89. The van der Waals surface area contributed by atoms with Crippen LogP contribution in [0.3, 0.4) is 0 Å². The van der Waals surface area contributed by atoms with Gasteiger partial charge in [0.25, 0.3) is 0 Å². The molecule has 8 heteroatoms. The fourth-order valence-electron chi connectivity index (χ4n) is 1.73. The van der Waals surface area contributed by atoms with Crippen LogP contribution in [0.1, 0.15) is 33.6 Å². The van der Waals surface area contributed by atoms with Gasteiger partial charge in [-0.25, -0.2) is 0 Å². The van der Waals surface area contributed by atoms with Crippen molar-refractivity contribution in [2.45, 2.75) is 39.0 Å². The summed E-state index contributed by atoms with van der Waals surface area (Å²) in [5, 5.41) is -1.11. The van der Waals surface area contributed by atoms with Crippen molar-refractivity contribution in [2.24, 2.45) is 0 Å². The van der Waals surface area contributed by atoms with Crippen molar-refractivity contribution >= 4 is 16.2 Å². The molecule has 0 N–H and O–H groups in total. The predicted octanol–water partition coefficient (Wildman–Crippen LogP) is 4.23. The Morgan fingerprint density at radius 3 is 2.30 bits per heavy atom. The molecule has 0 aromatic carbocycles. The van der Waals surface area contributed by atoms with Gasteiger partial charge in [-0.05, 0) is 33.6 Å². The highest BCUT2D eigenvalue weighted by molar-refractivity contribution is 7.56. The van der Waals surface area contributed by atoms with Crippen molar-refractivity contribution in [2.75, 3.05) is 26.4 Å². The van der Waals surface area contributed by atoms with Gasteiger partial charge < -0.3 is 18.1 Å². The van der Waals surface area contributed by atoms with Crippen LogP contribution < -0.4 is 0 Å². The lowest BCUT2D eigenvalue weighted by atomic mass is 10.2. The van der Waals surface area contributed by atoms with Crippen LogP contribution in [0.25, 0.3) is 0 Å². The van der Waals surface area contributed by atoms with E-state index in [2.05, 4.69) is 6.58 Å². The molecule has 0 bridgehead atoms. The molecule has 20 heavy (non-hydrogen) atoms. The van der Waals surface area contributed by atoms with Gasteiger partial charge in [0.1, 0.15) is 0 Å². The molecule has 0 aromatic heterocycles. The number of allylic oxidation sites excluding steroid dienone is 1. The van der Waals surface area contributed by atoms with Crippen molar-refractivity contribution in [3.8, 4) is 0 Å². The van der Waals surface area contributed by atoms with Crippen LogP contribution in [0, 0.1) is 0 Å². The molecule has 1 aliphatic heterocycles. The SMILES string of the molecule is C=CCCC(C)(OP1OCCO1)P(=O)(OCC)OCC. The van der Waals surface area contributed by atoms with Gasteiger partial charge in [0, 0.05) is 0 Å². The summed E-state index contributed by atoms with van der Waals surface area (Å²) in [5.41, 5.74) is 0. The van der Waals surface area contributed by atoms with Gasteiger partial charge in [-0.1, -0.05) is 6.08 Å². The molecule has 0 aromatic rings. The summed E-state index contributed by atoms with van der Waals surface area (Å²) in [4.78, 5) is 0. The largest absolute Gasteiger partial charge is 0.362 e. The maximum Gasteiger partial charge on any atom is 0.362 e. The van der Waals surface area contributed by atoms with Crippen LogP contribution >= 0.6 is 16.2 Å². The first-order chi connectivity index (χ1) is 9.51. The van der Waals surface area contributed by atoms with Crippen LogP contribution in [-0.4, -0.2) is 31.8 Å². The quantitative estimate of drug-likeness (QED) is 0.442. The highest BCUT2D eigenvalue weighted by Crippen LogP contribution is 2.66. The molecule has 1 fully saturated rings. The highest BCUT2D eigenvalue weighted by atomic mass is 31.2. The molecule has 1 heterocycles. The van der Waals surface area contributed by atoms with Crippen molar-refractivity contribution in [1.29, 1.82) is 0 Å². The zero-order chi connectivity index (χ0) is 15.1. The minimum absolute atomic E-state index is 0.282. The topological polar surface area (TPSA) is 63.2 Å². The Kier molecular flexibility index (Phi) is 7.84. The van der Waals surface area contributed by atoms with Crippen LogP contribution in [0.4, 0.5) is 0 Å². The zero-order valence-corrected chi connectivity index (χ0v) is 14.2. The Morgan fingerprint density at radius 1 is 1.30 bits per heavy atom. The summed E-state index contributed by atoms with van der Waals surface area (Å²) < 4.78 is 40.4. The average molecular weight is 326 g/mol. The van der Waals surface area contributed by atoms with Gasteiger partial charge in [0.05, 0.1) is 26.4 Å². The summed E-state index contributed by atoms with van der Waals surface area (Å²) in [7, 11) is -4.94. The Balaban J connectivity index is 2.92. The van der Waals surface area contributed by atoms with Gasteiger partial charge in [-0.15, -0.1) is 6.58 Å². The fourth-order valence-corrected chi connectivity index (χ4v) is 5.07. The molecule has 1 aliphatic rings. The van der Waals surface area contributed by atoms with Crippen molar-refractivity contribution in [3.05, 3.63) is 12.7 Å². The Hall–Kier alpha value is 0.200. The van der Waals surface area contributed by atoms with E-state index in [-0.39, 0.29) is 13.2 Å². The molecule has 1 unspecified atom stereocenters. The summed E-state index contributed by atoms with van der Waals surface area (Å²) in [6, 6.07) is 0. The van der Waals surface area contributed by atoms with Gasteiger partial charge in [0.15, 0.2) is 5.34 Å². The van der Waals surface area contributed by atoms with Crippen LogP contribution in [0.5, 0.6) is 0 Å². The Morgan fingerprint density at radius 2 is 1.85 bits per heavy atom. The third kappa shape index (κ3) is 4.60. The molecule has 0 aliphatic carbocycles. The summed E-state index contributed by atoms with van der Waals surface area (Å²) >= 11 is 0. The molecular weight excluding hydrogens is 302 g/mol. The molecule has 118 valence electrons. The van der Waals surface area contributed by atoms with E-state index in [1.54, 1.807) is 26.8 Å². The Labute approximate surface area is 122 Å². The van der Waals surface area contributed by atoms with Crippen LogP contribution in [0.2, 0.25) is 0 Å². The maximum atomic E-state index is 13.0. The van der Waals surface area contributed by atoms with Gasteiger partial charge in [-0.2, -0.15) is 0 Å². The lowest BCUT2D eigenvalue weighted by Gasteiger charge is -2.36. The van der Waals surface area contributed by atoms with E-state index in [0.717, 1.165) is 0 Å². The molecular formula is C12H24O6P2. The second kappa shape index (κ2) is 8.60. The lowest BCUT2D eigenvalue weighted by Crippen LogP contribution is -2.29. The fraction of sp³-hybridized carbons (Fsp3) is 0.833. The second-order valence-electron chi connectivity index (χ2n) is 4.32. The molecule has 0 saturated carbocycles. The van der Waals surface area contributed by atoms with E-state index in [1.165, 1.54) is 0 Å². The second-order valence-corrected chi connectivity index (χ2v) is 7.92. The number of rotatable bonds is 10. The maximum absolute atomic E-state index is 13.0. The molecule has 0 amide bonds. The van der Waals surface area contributed by atoms with Gasteiger partial charge in [-0.3, -0.25) is 9.09 Å². The minimum Gasteiger partial charge on any atom is -0.310 e. The lowest BCUT2D eigenvalue weighted by molar-refractivity contribution is 0.0820. The molecule has 0 spiro atoms. The monoisotopic (exact) mass is 326 g/mol. The minimum atomic E-state index is -3.44. The normalized spacial score (nSPS) is 19.9. The summed E-state index contributed by atoms with van der Waals surface area (Å²) in [6.45, 7) is 10.5. The first-order valence-corrected chi connectivity index (χ1v) is 9.40. The van der Waals surface area contributed by atoms with Crippen LogP contribution in [-0.2, 0) is 27.2 Å². The third-order valence-electron chi connectivity index (χ3n) is 2.74.